The molecule has 1 aliphatic rings. The first-order valence-electron chi connectivity index (χ1n) is 8.87. The van der Waals surface area contributed by atoms with Crippen molar-refractivity contribution in [3.8, 4) is 11.3 Å². The molecule has 0 N–H and O–H groups in total. The maximum absolute atomic E-state index is 13.5. The second kappa shape index (κ2) is 7.41. The summed E-state index contributed by atoms with van der Waals surface area (Å²) >= 11 is 11.3. The molecule has 1 amide bonds. The van der Waals surface area contributed by atoms with E-state index >= 15 is 0 Å². The van der Waals surface area contributed by atoms with E-state index < -0.39 is 0 Å². The zero-order chi connectivity index (χ0) is 20.0. The van der Waals surface area contributed by atoms with Gasteiger partial charge in [-0.15, -0.1) is 0 Å². The number of benzene rings is 3. The number of halogens is 2. The van der Waals surface area contributed by atoms with Gasteiger partial charge in [0.2, 0.25) is 0 Å². The number of furan rings is 1. The maximum atomic E-state index is 13.5. The van der Waals surface area contributed by atoms with Crippen LogP contribution in [-0.2, 0) is 0 Å². The smallest absolute Gasteiger partial charge is 0.298 e. The van der Waals surface area contributed by atoms with Gasteiger partial charge in [-0.25, -0.2) is 0 Å². The fourth-order valence-corrected chi connectivity index (χ4v) is 4.91. The molecule has 0 saturated carbocycles. The van der Waals surface area contributed by atoms with E-state index in [9.17, 15) is 4.79 Å². The summed E-state index contributed by atoms with van der Waals surface area (Å²) in [4.78, 5) is 17.2. The lowest BCUT2D eigenvalue weighted by Crippen LogP contribution is -2.28. The third-order valence-corrected chi connectivity index (χ3v) is 6.48. The van der Waals surface area contributed by atoms with Crippen LogP contribution in [0.2, 0.25) is 5.02 Å². The largest absolute Gasteiger partial charge is 0.451 e. The second-order valence-electron chi connectivity index (χ2n) is 6.50. The Bertz CT molecular complexity index is 1250. The summed E-state index contributed by atoms with van der Waals surface area (Å²) in [5.74, 6) is 0.677. The topological polar surface area (TPSA) is 33.5 Å². The Morgan fingerprint density at radius 2 is 1.72 bits per heavy atom. The van der Waals surface area contributed by atoms with Gasteiger partial charge in [-0.2, -0.15) is 0 Å². The fourth-order valence-electron chi connectivity index (χ4n) is 3.31. The molecule has 3 aromatic carbocycles. The van der Waals surface area contributed by atoms with E-state index in [2.05, 4.69) is 15.9 Å². The molecule has 29 heavy (non-hydrogen) atoms. The minimum absolute atomic E-state index is 0.234. The predicted molar refractivity (Wildman–Crippen MR) is 120 cm³/mol. The van der Waals surface area contributed by atoms with E-state index in [0.717, 1.165) is 31.2 Å². The molecule has 142 valence electrons. The standard InChI is InChI=1S/C23H13BrClNO2S/c24-15-5-3-4-14(12-15)19-9-10-20(28-19)23(27)26-17-6-1-2-7-21(17)29-22-11-8-16(25)13-18(22)26/h1-13H. The molecular formula is C23H13BrClNO2S. The van der Waals surface area contributed by atoms with Gasteiger partial charge in [0.15, 0.2) is 5.76 Å². The van der Waals surface area contributed by atoms with Crippen molar-refractivity contribution in [3.05, 3.63) is 94.1 Å². The molecule has 0 unspecified atom stereocenters. The highest BCUT2D eigenvalue weighted by Gasteiger charge is 2.30. The number of hydrogen-bond acceptors (Lipinski definition) is 3. The molecule has 5 rings (SSSR count). The van der Waals surface area contributed by atoms with E-state index in [0.29, 0.717) is 10.8 Å². The lowest BCUT2D eigenvalue weighted by atomic mass is 10.2. The van der Waals surface area contributed by atoms with Gasteiger partial charge in [0.05, 0.1) is 11.4 Å². The molecule has 0 atom stereocenters. The van der Waals surface area contributed by atoms with Gasteiger partial charge < -0.3 is 4.42 Å². The van der Waals surface area contributed by atoms with Crippen LogP contribution in [0.1, 0.15) is 10.6 Å². The molecule has 4 aromatic rings. The van der Waals surface area contributed by atoms with Crippen LogP contribution in [0.15, 0.2) is 97.5 Å². The van der Waals surface area contributed by atoms with Crippen molar-refractivity contribution in [2.45, 2.75) is 9.79 Å². The zero-order valence-corrected chi connectivity index (χ0v) is 18.1. The number of rotatable bonds is 2. The number of carbonyl (C=O) groups is 1. The van der Waals surface area contributed by atoms with Crippen LogP contribution >= 0.6 is 39.3 Å². The Morgan fingerprint density at radius 1 is 0.897 bits per heavy atom. The van der Waals surface area contributed by atoms with Crippen LogP contribution in [0, 0.1) is 0 Å². The summed E-state index contributed by atoms with van der Waals surface area (Å²) in [5.41, 5.74) is 2.47. The quantitative estimate of drug-likeness (QED) is 0.292. The van der Waals surface area contributed by atoms with Crippen molar-refractivity contribution in [2.24, 2.45) is 0 Å². The number of carbonyl (C=O) groups excluding carboxylic acids is 1. The number of anilines is 2. The number of para-hydroxylation sites is 1. The summed E-state index contributed by atoms with van der Waals surface area (Å²) in [6, 6.07) is 24.7. The maximum Gasteiger partial charge on any atom is 0.298 e. The molecule has 2 heterocycles. The Hall–Kier alpha value is -2.47. The Balaban J connectivity index is 1.59. The van der Waals surface area contributed by atoms with Gasteiger partial charge in [0.1, 0.15) is 5.76 Å². The monoisotopic (exact) mass is 481 g/mol. The van der Waals surface area contributed by atoms with E-state index in [-0.39, 0.29) is 11.7 Å². The minimum atomic E-state index is -0.234. The summed E-state index contributed by atoms with van der Waals surface area (Å²) < 4.78 is 6.90. The van der Waals surface area contributed by atoms with Gasteiger partial charge in [0, 0.05) is 24.8 Å². The third-order valence-electron chi connectivity index (χ3n) is 4.62. The van der Waals surface area contributed by atoms with Crippen molar-refractivity contribution in [1.82, 2.24) is 0 Å². The molecule has 0 spiro atoms. The normalized spacial score (nSPS) is 12.4. The molecule has 1 aliphatic heterocycles. The number of nitrogens with zero attached hydrogens (tertiary/aromatic N) is 1. The van der Waals surface area contributed by atoms with Crippen LogP contribution in [0.4, 0.5) is 11.4 Å². The van der Waals surface area contributed by atoms with Crippen molar-refractivity contribution in [3.63, 3.8) is 0 Å². The van der Waals surface area contributed by atoms with E-state index in [1.54, 1.807) is 22.7 Å². The first-order chi connectivity index (χ1) is 14.1. The molecule has 0 bridgehead atoms. The lowest BCUT2D eigenvalue weighted by molar-refractivity contribution is 0.0972. The highest BCUT2D eigenvalue weighted by molar-refractivity contribution is 9.10. The SMILES string of the molecule is O=C(c1ccc(-c2cccc(Br)c2)o1)N1c2ccccc2Sc2ccc(Cl)cc21. The van der Waals surface area contributed by atoms with Gasteiger partial charge >= 0.3 is 0 Å². The Morgan fingerprint density at radius 3 is 2.59 bits per heavy atom. The molecule has 3 nitrogen and oxygen atoms in total. The predicted octanol–water partition coefficient (Wildman–Crippen LogP) is 7.81. The van der Waals surface area contributed by atoms with Gasteiger partial charge in [0.25, 0.3) is 5.91 Å². The molecule has 0 aliphatic carbocycles. The summed E-state index contributed by atoms with van der Waals surface area (Å²) in [5, 5.41) is 0.579. The summed E-state index contributed by atoms with van der Waals surface area (Å²) in [6.45, 7) is 0. The second-order valence-corrected chi connectivity index (χ2v) is 8.93. The van der Waals surface area contributed by atoms with Crippen molar-refractivity contribution in [1.29, 1.82) is 0 Å². The van der Waals surface area contributed by atoms with E-state index in [1.807, 2.05) is 72.8 Å². The number of fused-ring (bicyclic) bond motifs is 2. The minimum Gasteiger partial charge on any atom is -0.451 e. The van der Waals surface area contributed by atoms with Crippen molar-refractivity contribution >= 4 is 56.6 Å². The Kier molecular flexibility index (Phi) is 4.74. The van der Waals surface area contributed by atoms with Gasteiger partial charge in [-0.1, -0.05) is 63.6 Å². The highest BCUT2D eigenvalue weighted by Crippen LogP contribution is 2.49. The Labute approximate surface area is 185 Å². The van der Waals surface area contributed by atoms with Crippen LogP contribution in [0.3, 0.4) is 0 Å². The van der Waals surface area contributed by atoms with Crippen LogP contribution < -0.4 is 4.90 Å². The summed E-state index contributed by atoms with van der Waals surface area (Å²) in [7, 11) is 0. The molecule has 0 saturated heterocycles. The summed E-state index contributed by atoms with van der Waals surface area (Å²) in [6.07, 6.45) is 0. The molecular weight excluding hydrogens is 470 g/mol. The van der Waals surface area contributed by atoms with E-state index in [4.69, 9.17) is 16.0 Å². The first-order valence-corrected chi connectivity index (χ1v) is 10.9. The molecule has 0 fully saturated rings. The van der Waals surface area contributed by atoms with Gasteiger partial charge in [-0.05, 0) is 54.6 Å². The van der Waals surface area contributed by atoms with Crippen LogP contribution in [0.25, 0.3) is 11.3 Å². The first kappa shape index (κ1) is 18.6. The number of amides is 1. The fraction of sp³-hybridized carbons (Fsp3) is 0. The molecule has 6 heteroatoms. The zero-order valence-electron chi connectivity index (χ0n) is 14.9. The average molecular weight is 483 g/mol. The highest BCUT2D eigenvalue weighted by atomic mass is 79.9. The van der Waals surface area contributed by atoms with Crippen molar-refractivity contribution in [2.75, 3.05) is 4.90 Å². The van der Waals surface area contributed by atoms with Crippen molar-refractivity contribution < 1.29 is 9.21 Å². The average Bonchev–Trinajstić information content (AvgIpc) is 3.22. The van der Waals surface area contributed by atoms with Crippen LogP contribution in [0.5, 0.6) is 0 Å². The number of hydrogen-bond donors (Lipinski definition) is 0. The molecule has 0 radical (unpaired) electrons. The lowest BCUT2D eigenvalue weighted by Gasteiger charge is -2.30. The van der Waals surface area contributed by atoms with E-state index in [1.165, 1.54) is 0 Å². The van der Waals surface area contributed by atoms with Gasteiger partial charge in [-0.3, -0.25) is 9.69 Å². The molecule has 1 aromatic heterocycles. The third kappa shape index (κ3) is 3.39. The van der Waals surface area contributed by atoms with Crippen LogP contribution in [-0.4, -0.2) is 5.91 Å².